The van der Waals surface area contributed by atoms with E-state index in [1.54, 1.807) is 0 Å². The maximum atomic E-state index is 14.3. The van der Waals surface area contributed by atoms with Gasteiger partial charge in [-0.2, -0.15) is 8.78 Å². The van der Waals surface area contributed by atoms with E-state index in [9.17, 15) is 23.5 Å². The number of aliphatic carboxylic acids is 1. The van der Waals surface area contributed by atoms with Gasteiger partial charge in [0.1, 0.15) is 0 Å². The van der Waals surface area contributed by atoms with Crippen LogP contribution in [0.4, 0.5) is 8.78 Å². The van der Waals surface area contributed by atoms with Crippen LogP contribution in [0.2, 0.25) is 0 Å². The lowest BCUT2D eigenvalue weighted by molar-refractivity contribution is -0.173. The van der Waals surface area contributed by atoms with Crippen LogP contribution in [0.5, 0.6) is 0 Å². The number of carbonyl (C=O) groups excluding carboxylic acids is 1. The zero-order chi connectivity index (χ0) is 19.0. The summed E-state index contributed by atoms with van der Waals surface area (Å²) in [4.78, 5) is 23.2. The summed E-state index contributed by atoms with van der Waals surface area (Å²) < 4.78 is 33.1. The van der Waals surface area contributed by atoms with Gasteiger partial charge in [0.25, 0.3) is 0 Å². The predicted molar refractivity (Wildman–Crippen MR) is 91.5 cm³/mol. The Bertz CT molecular complexity index is 498. The fourth-order valence-electron chi connectivity index (χ4n) is 3.36. The standard InChI is InChI=1S/C19H30F2O4/c1-4-25-18(24)19(20,21)12-14(11-10-13(2)3)15-8-6-5-7-9-16(15)17(22)23/h13-14H,4-12H2,1-3H3,(H,22,23). The molecule has 1 unspecified atom stereocenters. The van der Waals surface area contributed by atoms with Crippen LogP contribution in [-0.4, -0.2) is 29.6 Å². The smallest absolute Gasteiger partial charge is 0.376 e. The molecule has 0 saturated heterocycles. The number of halogens is 2. The third-order valence-electron chi connectivity index (χ3n) is 4.68. The van der Waals surface area contributed by atoms with Crippen molar-refractivity contribution >= 4 is 11.9 Å². The lowest BCUT2D eigenvalue weighted by atomic mass is 9.82. The molecule has 0 fully saturated rings. The second-order valence-electron chi connectivity index (χ2n) is 7.17. The molecule has 144 valence electrons. The van der Waals surface area contributed by atoms with Crippen LogP contribution < -0.4 is 0 Å². The molecule has 1 aliphatic carbocycles. The Kier molecular flexibility index (Phi) is 8.53. The molecule has 0 radical (unpaired) electrons. The third kappa shape index (κ3) is 6.75. The topological polar surface area (TPSA) is 63.6 Å². The van der Waals surface area contributed by atoms with Crippen molar-refractivity contribution in [2.75, 3.05) is 6.61 Å². The Morgan fingerprint density at radius 3 is 2.36 bits per heavy atom. The quantitative estimate of drug-likeness (QED) is 0.590. The molecule has 6 heteroatoms. The average Bonchev–Trinajstić information content (AvgIpc) is 2.77. The molecule has 0 spiro atoms. The third-order valence-corrected chi connectivity index (χ3v) is 4.68. The first-order chi connectivity index (χ1) is 11.7. The average molecular weight is 360 g/mol. The van der Waals surface area contributed by atoms with E-state index < -0.39 is 30.2 Å². The summed E-state index contributed by atoms with van der Waals surface area (Å²) in [6.07, 6.45) is 3.87. The van der Waals surface area contributed by atoms with E-state index >= 15 is 0 Å². The summed E-state index contributed by atoms with van der Waals surface area (Å²) in [7, 11) is 0. The van der Waals surface area contributed by atoms with Crippen LogP contribution in [0.25, 0.3) is 0 Å². The van der Waals surface area contributed by atoms with E-state index in [-0.39, 0.29) is 12.2 Å². The summed E-state index contributed by atoms with van der Waals surface area (Å²) in [6, 6.07) is 0. The van der Waals surface area contributed by atoms with Gasteiger partial charge < -0.3 is 9.84 Å². The Hall–Kier alpha value is -1.46. The Balaban J connectivity index is 3.12. The minimum Gasteiger partial charge on any atom is -0.478 e. The number of esters is 1. The number of ether oxygens (including phenoxy) is 1. The molecule has 4 nitrogen and oxygen atoms in total. The summed E-state index contributed by atoms with van der Waals surface area (Å²) in [5.41, 5.74) is 0.875. The number of hydrogen-bond donors (Lipinski definition) is 1. The number of alkyl halides is 2. The summed E-state index contributed by atoms with van der Waals surface area (Å²) in [6.45, 7) is 5.38. The van der Waals surface area contributed by atoms with Crippen LogP contribution in [0.15, 0.2) is 11.1 Å². The second kappa shape index (κ2) is 9.88. The molecule has 0 heterocycles. The number of hydrogen-bond acceptors (Lipinski definition) is 3. The van der Waals surface area contributed by atoms with Crippen molar-refractivity contribution in [1.82, 2.24) is 0 Å². The van der Waals surface area contributed by atoms with Crippen LogP contribution in [0.3, 0.4) is 0 Å². The first-order valence-electron chi connectivity index (χ1n) is 9.19. The summed E-state index contributed by atoms with van der Waals surface area (Å²) >= 11 is 0. The number of carboxylic acids is 1. The van der Waals surface area contributed by atoms with Gasteiger partial charge in [0.15, 0.2) is 0 Å². The lowest BCUT2D eigenvalue weighted by Crippen LogP contribution is -2.34. The van der Waals surface area contributed by atoms with Crippen molar-refractivity contribution in [3.05, 3.63) is 11.1 Å². The number of rotatable bonds is 9. The molecule has 0 amide bonds. The fraction of sp³-hybridized carbons (Fsp3) is 0.789. The molecule has 1 aliphatic rings. The van der Waals surface area contributed by atoms with Crippen LogP contribution in [-0.2, 0) is 14.3 Å². The van der Waals surface area contributed by atoms with Gasteiger partial charge in [0.05, 0.1) is 6.61 Å². The SMILES string of the molecule is CCOC(=O)C(F)(F)CC(CCC(C)C)C1=C(C(=O)O)CCCCC1. The Morgan fingerprint density at radius 2 is 1.80 bits per heavy atom. The van der Waals surface area contributed by atoms with Gasteiger partial charge >= 0.3 is 17.9 Å². The molecular weight excluding hydrogens is 330 g/mol. The van der Waals surface area contributed by atoms with Crippen molar-refractivity contribution in [1.29, 1.82) is 0 Å². The highest BCUT2D eigenvalue weighted by Gasteiger charge is 2.43. The highest BCUT2D eigenvalue weighted by atomic mass is 19.3. The van der Waals surface area contributed by atoms with Crippen LogP contribution in [0, 0.1) is 11.8 Å². The molecule has 0 bridgehead atoms. The molecule has 0 aromatic heterocycles. The van der Waals surface area contributed by atoms with Crippen molar-refractivity contribution in [2.45, 2.75) is 78.1 Å². The first-order valence-corrected chi connectivity index (χ1v) is 9.19. The predicted octanol–water partition coefficient (Wildman–Crippen LogP) is 4.97. The number of allylic oxidation sites excluding steroid dienone is 1. The summed E-state index contributed by atoms with van der Waals surface area (Å²) in [5.74, 6) is -6.42. The first kappa shape index (κ1) is 21.6. The summed E-state index contributed by atoms with van der Waals surface area (Å²) in [5, 5.41) is 9.51. The van der Waals surface area contributed by atoms with Gasteiger partial charge in [-0.25, -0.2) is 9.59 Å². The van der Waals surface area contributed by atoms with Crippen molar-refractivity contribution in [3.8, 4) is 0 Å². The molecule has 25 heavy (non-hydrogen) atoms. The molecule has 1 atom stereocenters. The monoisotopic (exact) mass is 360 g/mol. The maximum absolute atomic E-state index is 14.3. The Labute approximate surface area is 148 Å². The normalized spacial score (nSPS) is 17.4. The van der Waals surface area contributed by atoms with E-state index in [0.717, 1.165) is 19.3 Å². The van der Waals surface area contributed by atoms with Crippen molar-refractivity contribution in [3.63, 3.8) is 0 Å². The van der Waals surface area contributed by atoms with E-state index in [4.69, 9.17) is 0 Å². The largest absolute Gasteiger partial charge is 0.478 e. The van der Waals surface area contributed by atoms with Crippen molar-refractivity contribution in [2.24, 2.45) is 11.8 Å². The van der Waals surface area contributed by atoms with Crippen LogP contribution in [0.1, 0.15) is 72.1 Å². The number of carboxylic acid groups (broad SMARTS) is 1. The molecular formula is C19H30F2O4. The van der Waals surface area contributed by atoms with E-state index in [2.05, 4.69) is 4.74 Å². The van der Waals surface area contributed by atoms with Gasteiger partial charge in [-0.3, -0.25) is 0 Å². The van der Waals surface area contributed by atoms with Crippen molar-refractivity contribution < 1.29 is 28.2 Å². The van der Waals surface area contributed by atoms with E-state index in [0.29, 0.717) is 37.2 Å². The lowest BCUT2D eigenvalue weighted by Gasteiger charge is -2.26. The minimum absolute atomic E-state index is 0.103. The number of carbonyl (C=O) groups is 2. The van der Waals surface area contributed by atoms with E-state index in [1.807, 2.05) is 13.8 Å². The Morgan fingerprint density at radius 1 is 1.16 bits per heavy atom. The van der Waals surface area contributed by atoms with Gasteiger partial charge in [0.2, 0.25) is 0 Å². The minimum atomic E-state index is -3.60. The second-order valence-corrected chi connectivity index (χ2v) is 7.17. The molecule has 0 aromatic carbocycles. The van der Waals surface area contributed by atoms with Gasteiger partial charge in [-0.05, 0) is 50.9 Å². The maximum Gasteiger partial charge on any atom is 0.376 e. The zero-order valence-electron chi connectivity index (χ0n) is 15.4. The molecule has 0 saturated carbocycles. The highest BCUT2D eigenvalue weighted by Crippen LogP contribution is 2.38. The molecule has 0 aromatic rings. The van der Waals surface area contributed by atoms with Gasteiger partial charge in [-0.1, -0.05) is 32.3 Å². The molecule has 0 aliphatic heterocycles. The van der Waals surface area contributed by atoms with Gasteiger partial charge in [0, 0.05) is 12.0 Å². The molecule has 1 N–H and O–H groups in total. The zero-order valence-corrected chi connectivity index (χ0v) is 15.4. The fourth-order valence-corrected chi connectivity index (χ4v) is 3.36. The highest BCUT2D eigenvalue weighted by molar-refractivity contribution is 5.87. The van der Waals surface area contributed by atoms with Gasteiger partial charge in [-0.15, -0.1) is 0 Å². The molecule has 1 rings (SSSR count). The van der Waals surface area contributed by atoms with Crippen LogP contribution >= 0.6 is 0 Å². The van der Waals surface area contributed by atoms with E-state index in [1.165, 1.54) is 6.92 Å².